The molecule has 5 heteroatoms. The molecule has 0 aliphatic carbocycles. The van der Waals surface area contributed by atoms with Crippen molar-refractivity contribution < 1.29 is 9.53 Å². The van der Waals surface area contributed by atoms with Gasteiger partial charge in [0, 0.05) is 13.0 Å². The number of hydrogen-bond donors (Lipinski definition) is 1. The van der Waals surface area contributed by atoms with Crippen molar-refractivity contribution in [3.8, 4) is 5.75 Å². The maximum Gasteiger partial charge on any atom is 0.220 e. The number of rotatable bonds is 8. The Morgan fingerprint density at radius 2 is 2.04 bits per heavy atom. The Balaban J connectivity index is 1.37. The van der Waals surface area contributed by atoms with E-state index < -0.39 is 0 Å². The minimum Gasteiger partial charge on any atom is -0.497 e. The van der Waals surface area contributed by atoms with Gasteiger partial charge in [-0.15, -0.1) is 11.3 Å². The second-order valence-corrected chi connectivity index (χ2v) is 7.03. The van der Waals surface area contributed by atoms with Crippen molar-refractivity contribution in [3.63, 3.8) is 0 Å². The summed E-state index contributed by atoms with van der Waals surface area (Å²) in [6.45, 7) is 0.536. The number of nitrogens with one attached hydrogen (secondary N) is 1. The Hall–Kier alpha value is -2.40. The fourth-order valence-corrected chi connectivity index (χ4v) is 3.67. The third-order valence-electron chi connectivity index (χ3n) is 4.01. The third kappa shape index (κ3) is 5.03. The van der Waals surface area contributed by atoms with Crippen LogP contribution in [0.25, 0.3) is 10.2 Å². The number of carbonyl (C=O) groups is 1. The van der Waals surface area contributed by atoms with Gasteiger partial charge in [0.2, 0.25) is 5.91 Å². The number of ether oxygens (including phenoxy) is 1. The highest BCUT2D eigenvalue weighted by Crippen LogP contribution is 2.22. The molecule has 0 bridgehead atoms. The molecule has 0 atom stereocenters. The van der Waals surface area contributed by atoms with E-state index in [1.807, 2.05) is 42.5 Å². The molecule has 0 saturated heterocycles. The summed E-state index contributed by atoms with van der Waals surface area (Å²) in [5, 5.41) is 4.11. The van der Waals surface area contributed by atoms with E-state index in [1.54, 1.807) is 18.4 Å². The Bertz CT molecular complexity index is 811. The van der Waals surface area contributed by atoms with Crippen molar-refractivity contribution in [1.29, 1.82) is 0 Å². The summed E-state index contributed by atoms with van der Waals surface area (Å²) in [7, 11) is 1.64. The molecule has 130 valence electrons. The number of carbonyl (C=O) groups excluding carboxylic acids is 1. The minimum absolute atomic E-state index is 0.0899. The van der Waals surface area contributed by atoms with E-state index >= 15 is 0 Å². The van der Waals surface area contributed by atoms with E-state index in [2.05, 4.69) is 16.4 Å². The van der Waals surface area contributed by atoms with Crippen LogP contribution in [-0.2, 0) is 17.8 Å². The van der Waals surface area contributed by atoms with Crippen LogP contribution in [0.5, 0.6) is 5.75 Å². The van der Waals surface area contributed by atoms with Crippen molar-refractivity contribution in [2.24, 2.45) is 0 Å². The second-order valence-electron chi connectivity index (χ2n) is 5.91. The largest absolute Gasteiger partial charge is 0.497 e. The summed E-state index contributed by atoms with van der Waals surface area (Å²) in [5.74, 6) is 0.898. The fourth-order valence-electron chi connectivity index (χ4n) is 2.66. The Kier molecular flexibility index (Phi) is 6.01. The Morgan fingerprint density at radius 1 is 1.16 bits per heavy atom. The summed E-state index contributed by atoms with van der Waals surface area (Å²) in [4.78, 5) is 16.6. The first-order chi connectivity index (χ1) is 12.2. The number of hydrogen-bond acceptors (Lipinski definition) is 4. The quantitative estimate of drug-likeness (QED) is 0.613. The van der Waals surface area contributed by atoms with E-state index in [4.69, 9.17) is 4.74 Å². The lowest BCUT2D eigenvalue weighted by Gasteiger charge is -2.07. The molecule has 0 spiro atoms. The first-order valence-corrected chi connectivity index (χ1v) is 9.30. The normalized spacial score (nSPS) is 10.8. The maximum absolute atomic E-state index is 12.0. The molecule has 1 aromatic heterocycles. The van der Waals surface area contributed by atoms with E-state index in [-0.39, 0.29) is 5.91 Å². The van der Waals surface area contributed by atoms with Crippen LogP contribution in [0.1, 0.15) is 29.8 Å². The molecular weight excluding hydrogens is 332 g/mol. The lowest BCUT2D eigenvalue weighted by Crippen LogP contribution is -2.22. The van der Waals surface area contributed by atoms with Crippen molar-refractivity contribution in [2.45, 2.75) is 32.2 Å². The SMILES string of the molecule is COc1cccc(CNC(=O)CCCCc2nc3ccccc3s2)c1. The van der Waals surface area contributed by atoms with Gasteiger partial charge in [0.1, 0.15) is 5.75 Å². The van der Waals surface area contributed by atoms with Gasteiger partial charge in [0.05, 0.1) is 22.3 Å². The van der Waals surface area contributed by atoms with Gasteiger partial charge >= 0.3 is 0 Å². The lowest BCUT2D eigenvalue weighted by atomic mass is 10.2. The van der Waals surface area contributed by atoms with Crippen LogP contribution in [0.3, 0.4) is 0 Å². The van der Waals surface area contributed by atoms with Gasteiger partial charge in [0.15, 0.2) is 0 Å². The number of unbranched alkanes of at least 4 members (excludes halogenated alkanes) is 1. The summed E-state index contributed by atoms with van der Waals surface area (Å²) >= 11 is 1.74. The highest BCUT2D eigenvalue weighted by Gasteiger charge is 2.05. The zero-order valence-electron chi connectivity index (χ0n) is 14.3. The zero-order valence-corrected chi connectivity index (χ0v) is 15.1. The number of fused-ring (bicyclic) bond motifs is 1. The van der Waals surface area contributed by atoms with Gasteiger partial charge < -0.3 is 10.1 Å². The van der Waals surface area contributed by atoms with Crippen molar-refractivity contribution in [2.75, 3.05) is 7.11 Å². The number of thiazole rings is 1. The van der Waals surface area contributed by atoms with Crippen molar-refractivity contribution in [3.05, 3.63) is 59.1 Å². The van der Waals surface area contributed by atoms with E-state index in [0.29, 0.717) is 13.0 Å². The molecule has 1 amide bonds. The molecule has 0 unspecified atom stereocenters. The molecular formula is C20H22N2O2S. The highest BCUT2D eigenvalue weighted by molar-refractivity contribution is 7.18. The molecule has 0 radical (unpaired) electrons. The number of aromatic nitrogens is 1. The van der Waals surface area contributed by atoms with Gasteiger partial charge in [-0.25, -0.2) is 4.98 Å². The molecule has 1 N–H and O–H groups in total. The predicted molar refractivity (Wildman–Crippen MR) is 102 cm³/mol. The summed E-state index contributed by atoms with van der Waals surface area (Å²) in [6.07, 6.45) is 3.34. The third-order valence-corrected chi connectivity index (χ3v) is 5.10. The molecule has 0 aliphatic heterocycles. The van der Waals surface area contributed by atoms with Crippen LogP contribution in [0.15, 0.2) is 48.5 Å². The molecule has 0 saturated carbocycles. The predicted octanol–water partition coefficient (Wildman–Crippen LogP) is 4.33. The summed E-state index contributed by atoms with van der Waals surface area (Å²) < 4.78 is 6.42. The van der Waals surface area contributed by atoms with Crippen LogP contribution in [-0.4, -0.2) is 18.0 Å². The molecule has 4 nitrogen and oxygen atoms in total. The topological polar surface area (TPSA) is 51.2 Å². The summed E-state index contributed by atoms with van der Waals surface area (Å²) in [5.41, 5.74) is 2.11. The van der Waals surface area contributed by atoms with Crippen LogP contribution in [0.2, 0.25) is 0 Å². The average Bonchev–Trinajstić information content (AvgIpc) is 3.06. The van der Waals surface area contributed by atoms with E-state index in [9.17, 15) is 4.79 Å². The first kappa shape index (κ1) is 17.4. The standard InChI is InChI=1S/C20H22N2O2S/c1-24-16-8-6-7-15(13-16)14-21-19(23)11-4-5-12-20-22-17-9-2-3-10-18(17)25-20/h2-3,6-10,13H,4-5,11-12,14H2,1H3,(H,21,23). The zero-order chi connectivity index (χ0) is 17.5. The lowest BCUT2D eigenvalue weighted by molar-refractivity contribution is -0.121. The van der Waals surface area contributed by atoms with E-state index in [1.165, 1.54) is 4.70 Å². The van der Waals surface area contributed by atoms with Crippen molar-refractivity contribution in [1.82, 2.24) is 10.3 Å². The first-order valence-electron chi connectivity index (χ1n) is 8.48. The number of benzene rings is 2. The maximum atomic E-state index is 12.0. The molecule has 2 aromatic carbocycles. The number of nitrogens with zero attached hydrogens (tertiary/aromatic N) is 1. The highest BCUT2D eigenvalue weighted by atomic mass is 32.1. The second kappa shape index (κ2) is 8.62. The molecule has 3 aromatic rings. The molecule has 3 rings (SSSR count). The van der Waals surface area contributed by atoms with Crippen LogP contribution < -0.4 is 10.1 Å². The number of aryl methyl sites for hydroxylation is 1. The number of para-hydroxylation sites is 1. The monoisotopic (exact) mass is 354 g/mol. The minimum atomic E-state index is 0.0899. The average molecular weight is 354 g/mol. The van der Waals surface area contributed by atoms with Crippen LogP contribution in [0.4, 0.5) is 0 Å². The number of amides is 1. The fraction of sp³-hybridized carbons (Fsp3) is 0.300. The molecule has 0 fully saturated rings. The van der Waals surface area contributed by atoms with Crippen molar-refractivity contribution >= 4 is 27.5 Å². The molecule has 1 heterocycles. The smallest absolute Gasteiger partial charge is 0.220 e. The van der Waals surface area contributed by atoms with Gasteiger partial charge in [-0.05, 0) is 49.1 Å². The summed E-state index contributed by atoms with van der Waals surface area (Å²) in [6, 6.07) is 15.9. The van der Waals surface area contributed by atoms with Crippen LogP contribution in [0, 0.1) is 0 Å². The Labute approximate surface area is 151 Å². The van der Waals surface area contributed by atoms with Gasteiger partial charge in [-0.3, -0.25) is 4.79 Å². The number of methoxy groups -OCH3 is 1. The van der Waals surface area contributed by atoms with Crippen LogP contribution >= 0.6 is 11.3 Å². The molecule has 25 heavy (non-hydrogen) atoms. The van der Waals surface area contributed by atoms with E-state index in [0.717, 1.165) is 41.1 Å². The van der Waals surface area contributed by atoms with Gasteiger partial charge in [-0.2, -0.15) is 0 Å². The van der Waals surface area contributed by atoms with Gasteiger partial charge in [-0.1, -0.05) is 24.3 Å². The van der Waals surface area contributed by atoms with Gasteiger partial charge in [0.25, 0.3) is 0 Å². The molecule has 0 aliphatic rings. The Morgan fingerprint density at radius 3 is 2.88 bits per heavy atom.